The second kappa shape index (κ2) is 9.52. The summed E-state index contributed by atoms with van der Waals surface area (Å²) in [6, 6.07) is 3.93. The van der Waals surface area contributed by atoms with Gasteiger partial charge in [0.15, 0.2) is 0 Å². The molecule has 0 unspecified atom stereocenters. The van der Waals surface area contributed by atoms with Crippen LogP contribution in [-0.2, 0) is 25.5 Å². The number of hydrogen-bond acceptors (Lipinski definition) is 4. The highest BCUT2D eigenvalue weighted by Crippen LogP contribution is 2.42. The van der Waals surface area contributed by atoms with E-state index < -0.39 is 5.41 Å². The number of carbonyl (C=O) groups excluding carboxylic acids is 2. The van der Waals surface area contributed by atoms with Gasteiger partial charge in [0.2, 0.25) is 0 Å². The first-order chi connectivity index (χ1) is 12.8. The topological polar surface area (TPSA) is 52.6 Å². The van der Waals surface area contributed by atoms with Gasteiger partial charge in [-0.1, -0.05) is 21.9 Å². The molecule has 1 aliphatic rings. The molecule has 146 valence electrons. The summed E-state index contributed by atoms with van der Waals surface area (Å²) in [5.74, 6) is 5.69. The summed E-state index contributed by atoms with van der Waals surface area (Å²) in [6.45, 7) is 3.78. The zero-order valence-electron chi connectivity index (χ0n) is 16.5. The van der Waals surface area contributed by atoms with Crippen molar-refractivity contribution in [3.63, 3.8) is 0 Å². The molecule has 0 radical (unpaired) electrons. The van der Waals surface area contributed by atoms with Crippen molar-refractivity contribution in [2.24, 2.45) is 5.41 Å². The molecule has 0 saturated heterocycles. The normalized spacial score (nSPS) is 21.9. The number of methoxy groups -OCH3 is 2. The Labute approximate surface area is 170 Å². The van der Waals surface area contributed by atoms with E-state index in [4.69, 9.17) is 9.47 Å². The van der Waals surface area contributed by atoms with Crippen LogP contribution in [0.4, 0.5) is 0 Å². The Balaban J connectivity index is 2.17. The van der Waals surface area contributed by atoms with Crippen molar-refractivity contribution >= 4 is 27.7 Å². The minimum absolute atomic E-state index is 0.0504. The van der Waals surface area contributed by atoms with Crippen LogP contribution >= 0.6 is 15.9 Å². The number of rotatable bonds is 6. The fraction of sp³-hybridized carbons (Fsp3) is 0.545. The molecular weight excluding hydrogens is 408 g/mol. The van der Waals surface area contributed by atoms with Crippen LogP contribution in [0.5, 0.6) is 0 Å². The highest BCUT2D eigenvalue weighted by molar-refractivity contribution is 9.10. The number of hydrogen-bond donors (Lipinski definition) is 0. The van der Waals surface area contributed by atoms with E-state index in [9.17, 15) is 9.59 Å². The van der Waals surface area contributed by atoms with Crippen LogP contribution in [0.15, 0.2) is 16.6 Å². The number of ketones is 1. The molecule has 0 spiro atoms. The van der Waals surface area contributed by atoms with Gasteiger partial charge in [-0.2, -0.15) is 0 Å². The van der Waals surface area contributed by atoms with Crippen molar-refractivity contribution < 1.29 is 19.1 Å². The maximum atomic E-state index is 12.9. The van der Waals surface area contributed by atoms with E-state index >= 15 is 0 Å². The van der Waals surface area contributed by atoms with Gasteiger partial charge < -0.3 is 9.47 Å². The first kappa shape index (κ1) is 21.7. The summed E-state index contributed by atoms with van der Waals surface area (Å²) in [5, 5.41) is 0. The zero-order chi connectivity index (χ0) is 20.0. The number of carbonyl (C=O) groups is 2. The van der Waals surface area contributed by atoms with Gasteiger partial charge in [0.1, 0.15) is 5.78 Å². The molecule has 0 bridgehead atoms. The van der Waals surface area contributed by atoms with E-state index in [1.54, 1.807) is 14.0 Å². The smallest absolute Gasteiger partial charge is 0.312 e. The molecule has 0 amide bonds. The molecule has 0 N–H and O–H groups in total. The van der Waals surface area contributed by atoms with E-state index in [0.717, 1.165) is 34.0 Å². The number of halogens is 1. The number of aryl methyl sites for hydroxylation is 1. The first-order valence-corrected chi connectivity index (χ1v) is 9.99. The Morgan fingerprint density at radius 3 is 2.44 bits per heavy atom. The largest absolute Gasteiger partial charge is 0.469 e. The van der Waals surface area contributed by atoms with Gasteiger partial charge in [-0.05, 0) is 62.8 Å². The van der Waals surface area contributed by atoms with Gasteiger partial charge in [0.05, 0.1) is 18.6 Å². The minimum Gasteiger partial charge on any atom is -0.469 e. The third-order valence-electron chi connectivity index (χ3n) is 5.44. The lowest BCUT2D eigenvalue weighted by Gasteiger charge is -2.37. The molecule has 0 aromatic heterocycles. The highest BCUT2D eigenvalue weighted by atomic mass is 79.9. The Kier molecular flexibility index (Phi) is 7.64. The van der Waals surface area contributed by atoms with E-state index in [1.165, 1.54) is 7.11 Å². The highest BCUT2D eigenvalue weighted by Gasteiger charge is 2.44. The molecule has 27 heavy (non-hydrogen) atoms. The molecule has 1 fully saturated rings. The SMILES string of the molecule is CC#Cc1cc(C)c(CC(=O)CC2(C(=O)OC)CCC(OC)CC2)c(Br)c1. The van der Waals surface area contributed by atoms with E-state index in [0.29, 0.717) is 19.3 Å². The predicted molar refractivity (Wildman–Crippen MR) is 108 cm³/mol. The van der Waals surface area contributed by atoms with E-state index in [1.807, 2.05) is 19.1 Å². The number of esters is 1. The second-order valence-electron chi connectivity index (χ2n) is 7.23. The Morgan fingerprint density at radius 2 is 1.93 bits per heavy atom. The van der Waals surface area contributed by atoms with E-state index in [2.05, 4.69) is 27.8 Å². The Morgan fingerprint density at radius 1 is 1.26 bits per heavy atom. The summed E-state index contributed by atoms with van der Waals surface area (Å²) < 4.78 is 11.3. The number of benzene rings is 1. The van der Waals surface area contributed by atoms with Gasteiger partial charge in [-0.25, -0.2) is 0 Å². The average molecular weight is 435 g/mol. The van der Waals surface area contributed by atoms with Crippen molar-refractivity contribution in [1.82, 2.24) is 0 Å². The van der Waals surface area contributed by atoms with Crippen molar-refractivity contribution in [3.05, 3.63) is 33.3 Å². The van der Waals surface area contributed by atoms with Crippen molar-refractivity contribution in [2.45, 2.75) is 58.5 Å². The summed E-state index contributed by atoms with van der Waals surface area (Å²) in [4.78, 5) is 25.4. The predicted octanol–water partition coefficient (Wildman–Crippen LogP) is 4.38. The zero-order valence-corrected chi connectivity index (χ0v) is 18.1. The molecule has 0 aliphatic heterocycles. The molecule has 5 heteroatoms. The van der Waals surface area contributed by atoms with Crippen LogP contribution in [0.1, 0.15) is 55.7 Å². The monoisotopic (exact) mass is 434 g/mol. The molecule has 1 aliphatic carbocycles. The van der Waals surface area contributed by atoms with Crippen molar-refractivity contribution in [2.75, 3.05) is 14.2 Å². The van der Waals surface area contributed by atoms with Crippen molar-refractivity contribution in [3.8, 4) is 11.8 Å². The maximum absolute atomic E-state index is 12.9. The molecule has 2 rings (SSSR count). The maximum Gasteiger partial charge on any atom is 0.312 e. The molecule has 1 aromatic rings. The van der Waals surface area contributed by atoms with Gasteiger partial charge in [0, 0.05) is 30.0 Å². The summed E-state index contributed by atoms with van der Waals surface area (Å²) in [5.41, 5.74) is 2.16. The van der Waals surface area contributed by atoms with Gasteiger partial charge >= 0.3 is 5.97 Å². The first-order valence-electron chi connectivity index (χ1n) is 9.20. The Hall–Kier alpha value is -1.64. The summed E-state index contributed by atoms with van der Waals surface area (Å²) in [7, 11) is 3.08. The third-order valence-corrected chi connectivity index (χ3v) is 6.15. The average Bonchev–Trinajstić information content (AvgIpc) is 2.65. The quantitative estimate of drug-likeness (QED) is 0.492. The van der Waals surface area contributed by atoms with Crippen LogP contribution < -0.4 is 0 Å². The summed E-state index contributed by atoms with van der Waals surface area (Å²) in [6.07, 6.45) is 3.43. The van der Waals surface area contributed by atoms with E-state index in [-0.39, 0.29) is 24.3 Å². The lowest BCUT2D eigenvalue weighted by atomic mass is 9.69. The third kappa shape index (κ3) is 5.21. The number of Topliss-reactive ketones (excluding diaryl/α,β-unsaturated/α-hetero) is 1. The van der Waals surface area contributed by atoms with Crippen LogP contribution in [0.2, 0.25) is 0 Å². The lowest BCUT2D eigenvalue weighted by Crippen LogP contribution is -2.40. The molecule has 1 aromatic carbocycles. The molecule has 1 saturated carbocycles. The minimum atomic E-state index is -0.727. The van der Waals surface area contributed by atoms with Gasteiger partial charge in [0.25, 0.3) is 0 Å². The molecule has 4 nitrogen and oxygen atoms in total. The van der Waals surface area contributed by atoms with Crippen LogP contribution in [0, 0.1) is 24.2 Å². The lowest BCUT2D eigenvalue weighted by molar-refractivity contribution is -0.159. The van der Waals surface area contributed by atoms with Crippen LogP contribution in [-0.4, -0.2) is 32.1 Å². The van der Waals surface area contributed by atoms with Gasteiger partial charge in [-0.15, -0.1) is 5.92 Å². The second-order valence-corrected chi connectivity index (χ2v) is 8.08. The van der Waals surface area contributed by atoms with Crippen LogP contribution in [0.3, 0.4) is 0 Å². The Bertz CT molecular complexity index is 741. The fourth-order valence-electron chi connectivity index (χ4n) is 3.90. The number of ether oxygens (including phenoxy) is 2. The summed E-state index contributed by atoms with van der Waals surface area (Å²) >= 11 is 3.57. The fourth-order valence-corrected chi connectivity index (χ4v) is 4.60. The van der Waals surface area contributed by atoms with Crippen molar-refractivity contribution in [1.29, 1.82) is 0 Å². The van der Waals surface area contributed by atoms with Gasteiger partial charge in [-0.3, -0.25) is 9.59 Å². The standard InChI is InChI=1S/C22H27BrO4/c1-5-6-16-11-15(2)19(20(23)12-16)13-17(24)14-22(21(25)27-4)9-7-18(26-3)8-10-22/h11-12,18H,7-10,13-14H2,1-4H3. The molecule has 0 heterocycles. The molecular formula is C22H27BrO4. The van der Waals surface area contributed by atoms with Crippen LogP contribution in [0.25, 0.3) is 0 Å². The molecule has 0 atom stereocenters.